The fraction of sp³-hybridized carbons (Fsp3) is 1.00. The van der Waals surface area contributed by atoms with Crippen LogP contribution in [0.2, 0.25) is 0 Å². The van der Waals surface area contributed by atoms with Crippen LogP contribution in [0.25, 0.3) is 0 Å². The normalized spacial score (nSPS) is 13.8. The number of aliphatic hydroxyl groups excluding tert-OH is 1. The molecule has 170 valence electrons. The van der Waals surface area contributed by atoms with Gasteiger partial charge in [-0.15, -0.1) is 0 Å². The van der Waals surface area contributed by atoms with Gasteiger partial charge in [-0.3, -0.25) is 0 Å². The zero-order valence-electron chi connectivity index (χ0n) is 19.7. The van der Waals surface area contributed by atoms with E-state index < -0.39 is 15.4 Å². The molecule has 0 fully saturated rings. The quantitative estimate of drug-likeness (QED) is 0.162. The second-order valence-electron chi connectivity index (χ2n) is 8.52. The Bertz CT molecular complexity index is 429. The molecule has 2 unspecified atom stereocenters. The van der Waals surface area contributed by atoms with E-state index in [-0.39, 0.29) is 57.5 Å². The van der Waals surface area contributed by atoms with Gasteiger partial charge < -0.3 is 9.66 Å². The van der Waals surface area contributed by atoms with Crippen molar-refractivity contribution in [3.05, 3.63) is 0 Å². The van der Waals surface area contributed by atoms with Gasteiger partial charge in [-0.2, -0.15) is 0 Å². The molecular formula is C23H47KO4S. The molecule has 0 aromatic heterocycles. The van der Waals surface area contributed by atoms with Crippen molar-refractivity contribution in [2.75, 3.05) is 0 Å². The standard InChI is InChI=1S/C23H48O4S.K/c1-3-5-7-8-9-10-11-15-18-22(24)19-16-12-13-17-21-23(28(25,26)27)20-14-6-4-2;/h22-24H,3-21H2,1-2H3,(H,25,26,27);/q;+1/p-1. The summed E-state index contributed by atoms with van der Waals surface area (Å²) >= 11 is 0. The molecule has 0 bridgehead atoms. The fourth-order valence-corrected chi connectivity index (χ4v) is 4.73. The van der Waals surface area contributed by atoms with Gasteiger partial charge in [0.25, 0.3) is 0 Å². The minimum Gasteiger partial charge on any atom is -0.748 e. The van der Waals surface area contributed by atoms with Gasteiger partial charge in [0.05, 0.1) is 16.2 Å². The molecule has 2 atom stereocenters. The largest absolute Gasteiger partial charge is 1.00 e. The summed E-state index contributed by atoms with van der Waals surface area (Å²) in [5, 5.41) is 9.37. The Hall–Kier alpha value is 1.51. The number of rotatable bonds is 21. The minimum absolute atomic E-state index is 0. The van der Waals surface area contributed by atoms with Gasteiger partial charge in [0.15, 0.2) is 0 Å². The second kappa shape index (κ2) is 22.7. The van der Waals surface area contributed by atoms with E-state index in [2.05, 4.69) is 13.8 Å². The molecule has 0 aromatic carbocycles. The van der Waals surface area contributed by atoms with Crippen LogP contribution in [0.4, 0.5) is 0 Å². The van der Waals surface area contributed by atoms with Crippen molar-refractivity contribution in [1.82, 2.24) is 0 Å². The van der Waals surface area contributed by atoms with Gasteiger partial charge in [-0.25, -0.2) is 8.42 Å². The van der Waals surface area contributed by atoms with E-state index in [4.69, 9.17) is 0 Å². The van der Waals surface area contributed by atoms with Crippen molar-refractivity contribution in [2.45, 2.75) is 147 Å². The van der Waals surface area contributed by atoms with Crippen LogP contribution >= 0.6 is 0 Å². The molecule has 0 heterocycles. The molecule has 0 saturated carbocycles. The molecule has 0 spiro atoms. The molecule has 0 aliphatic carbocycles. The summed E-state index contributed by atoms with van der Waals surface area (Å²) in [5.74, 6) is 0. The van der Waals surface area contributed by atoms with Gasteiger partial charge in [0, 0.05) is 5.25 Å². The first-order valence-corrected chi connectivity index (χ1v) is 13.5. The molecule has 1 N–H and O–H groups in total. The minimum atomic E-state index is -4.16. The van der Waals surface area contributed by atoms with E-state index >= 15 is 0 Å². The summed E-state index contributed by atoms with van der Waals surface area (Å²) in [7, 11) is -4.16. The van der Waals surface area contributed by atoms with Crippen molar-refractivity contribution in [3.63, 3.8) is 0 Å². The Morgan fingerprint density at radius 2 is 0.931 bits per heavy atom. The van der Waals surface area contributed by atoms with Gasteiger partial charge >= 0.3 is 51.4 Å². The Labute approximate surface area is 224 Å². The SMILES string of the molecule is CCCCCCCCCCC(O)CCCCCCC(CCCCC)S(=O)(=O)[O-].[K+]. The third-order valence-electron chi connectivity index (χ3n) is 5.74. The van der Waals surface area contributed by atoms with Crippen molar-refractivity contribution in [2.24, 2.45) is 0 Å². The molecule has 0 aliphatic rings. The Balaban J connectivity index is 0. The van der Waals surface area contributed by atoms with Crippen LogP contribution < -0.4 is 51.4 Å². The summed E-state index contributed by atoms with van der Waals surface area (Å²) in [6.07, 6.45) is 19.5. The van der Waals surface area contributed by atoms with Crippen LogP contribution in [0.15, 0.2) is 0 Å². The Morgan fingerprint density at radius 3 is 1.34 bits per heavy atom. The maximum Gasteiger partial charge on any atom is 1.00 e. The van der Waals surface area contributed by atoms with Crippen molar-refractivity contribution >= 4 is 10.1 Å². The molecule has 0 aromatic rings. The van der Waals surface area contributed by atoms with E-state index in [1.165, 1.54) is 44.9 Å². The topological polar surface area (TPSA) is 77.4 Å². The monoisotopic (exact) mass is 458 g/mol. The summed E-state index contributed by atoms with van der Waals surface area (Å²) < 4.78 is 34.1. The summed E-state index contributed by atoms with van der Waals surface area (Å²) in [6.45, 7) is 4.31. The number of unbranched alkanes of at least 4 members (excludes halogenated alkanes) is 12. The van der Waals surface area contributed by atoms with Crippen LogP contribution in [0.3, 0.4) is 0 Å². The molecule has 0 saturated heterocycles. The second-order valence-corrected chi connectivity index (χ2v) is 10.2. The summed E-state index contributed by atoms with van der Waals surface area (Å²) in [6, 6.07) is 0. The van der Waals surface area contributed by atoms with Crippen LogP contribution in [0.1, 0.15) is 136 Å². The van der Waals surface area contributed by atoms with Crippen molar-refractivity contribution in [1.29, 1.82) is 0 Å². The Morgan fingerprint density at radius 1 is 0.621 bits per heavy atom. The van der Waals surface area contributed by atoms with E-state index in [9.17, 15) is 18.1 Å². The molecular weight excluding hydrogens is 411 g/mol. The van der Waals surface area contributed by atoms with Gasteiger partial charge in [-0.05, 0) is 25.7 Å². The van der Waals surface area contributed by atoms with Crippen LogP contribution in [-0.2, 0) is 10.1 Å². The molecule has 0 rings (SSSR count). The predicted octanol–water partition coefficient (Wildman–Crippen LogP) is 3.72. The first-order valence-electron chi connectivity index (χ1n) is 12.0. The smallest absolute Gasteiger partial charge is 0.748 e. The first kappa shape index (κ1) is 32.7. The number of aliphatic hydroxyl groups is 1. The molecule has 4 nitrogen and oxygen atoms in total. The first-order chi connectivity index (χ1) is 13.4. The van der Waals surface area contributed by atoms with E-state index in [1.54, 1.807) is 0 Å². The maximum absolute atomic E-state index is 11.4. The molecule has 6 heteroatoms. The third-order valence-corrected chi connectivity index (χ3v) is 7.03. The van der Waals surface area contributed by atoms with Crippen molar-refractivity contribution < 1.29 is 69.5 Å². The third kappa shape index (κ3) is 22.5. The molecule has 0 aliphatic heterocycles. The average Bonchev–Trinajstić information content (AvgIpc) is 2.64. The fourth-order valence-electron chi connectivity index (χ4n) is 3.82. The summed E-state index contributed by atoms with van der Waals surface area (Å²) in [4.78, 5) is 0. The number of hydrogen-bond donors (Lipinski definition) is 1. The van der Waals surface area contributed by atoms with Crippen LogP contribution in [0.5, 0.6) is 0 Å². The predicted molar refractivity (Wildman–Crippen MR) is 119 cm³/mol. The Kier molecular flexibility index (Phi) is 25.6. The van der Waals surface area contributed by atoms with Gasteiger partial charge in [0.2, 0.25) is 0 Å². The molecule has 29 heavy (non-hydrogen) atoms. The van der Waals surface area contributed by atoms with Gasteiger partial charge in [0.1, 0.15) is 0 Å². The zero-order valence-corrected chi connectivity index (χ0v) is 23.6. The maximum atomic E-state index is 11.4. The molecule has 0 radical (unpaired) electrons. The van der Waals surface area contributed by atoms with E-state index in [0.29, 0.717) is 12.8 Å². The average molecular weight is 459 g/mol. The molecule has 0 amide bonds. The summed E-state index contributed by atoms with van der Waals surface area (Å²) in [5.41, 5.74) is 0. The van der Waals surface area contributed by atoms with Crippen LogP contribution in [-0.4, -0.2) is 29.4 Å². The zero-order chi connectivity index (χ0) is 21.1. The van der Waals surface area contributed by atoms with E-state index in [0.717, 1.165) is 64.2 Å². The number of hydrogen-bond acceptors (Lipinski definition) is 4. The van der Waals surface area contributed by atoms with Crippen molar-refractivity contribution in [3.8, 4) is 0 Å². The van der Waals surface area contributed by atoms with Crippen LogP contribution in [0, 0.1) is 0 Å². The van der Waals surface area contributed by atoms with E-state index in [1.807, 2.05) is 0 Å². The van der Waals surface area contributed by atoms with Gasteiger partial charge in [-0.1, -0.05) is 110 Å².